The average molecular weight is 368 g/mol. The lowest BCUT2D eigenvalue weighted by Gasteiger charge is -2.11. The van der Waals surface area contributed by atoms with Gasteiger partial charge in [-0.3, -0.25) is 9.59 Å². The molecule has 2 atom stereocenters. The molecular formula is C20H24N4O3. The van der Waals surface area contributed by atoms with E-state index in [0.29, 0.717) is 11.8 Å². The van der Waals surface area contributed by atoms with Gasteiger partial charge in [-0.25, -0.2) is 10.9 Å². The standard InChI is InChI=1S/C20H24N4O3/c25-19(23-21-13-15-7-3-1-4-8-15)17-11-12-18(27-17)20(26)24-22-14-16-9-5-2-6-10-16/h1-3,5,11-16H,4,6-10H2,(H,23,25)(H,24,26)/b21-13-,22-14-. The number of rotatable bonds is 6. The maximum absolute atomic E-state index is 12.0. The van der Waals surface area contributed by atoms with Gasteiger partial charge in [-0.1, -0.05) is 24.3 Å². The number of nitrogens with zero attached hydrogens (tertiary/aromatic N) is 2. The molecule has 7 heteroatoms. The summed E-state index contributed by atoms with van der Waals surface area (Å²) in [6.45, 7) is 0. The minimum atomic E-state index is -0.492. The summed E-state index contributed by atoms with van der Waals surface area (Å²) in [4.78, 5) is 24.1. The van der Waals surface area contributed by atoms with Gasteiger partial charge in [-0.15, -0.1) is 0 Å². The van der Waals surface area contributed by atoms with Gasteiger partial charge >= 0.3 is 11.8 Å². The number of hydrazone groups is 2. The fourth-order valence-electron chi connectivity index (χ4n) is 3.00. The van der Waals surface area contributed by atoms with Crippen LogP contribution in [0.1, 0.15) is 59.6 Å². The SMILES string of the molecule is O=C(N/N=C\C1CC=CCC1)c1ccc(C(=O)N/N=C\C2CC=CCC2)o1. The van der Waals surface area contributed by atoms with Crippen LogP contribution in [-0.2, 0) is 0 Å². The molecule has 0 radical (unpaired) electrons. The van der Waals surface area contributed by atoms with E-state index in [9.17, 15) is 9.59 Å². The highest BCUT2D eigenvalue weighted by molar-refractivity contribution is 5.95. The summed E-state index contributed by atoms with van der Waals surface area (Å²) in [7, 11) is 0. The number of furan rings is 1. The van der Waals surface area contributed by atoms with Gasteiger partial charge < -0.3 is 4.42 Å². The molecule has 0 spiro atoms. The van der Waals surface area contributed by atoms with Crippen molar-refractivity contribution in [2.75, 3.05) is 0 Å². The van der Waals surface area contributed by atoms with E-state index < -0.39 is 11.8 Å². The Kier molecular flexibility index (Phi) is 6.73. The quantitative estimate of drug-likeness (QED) is 0.457. The van der Waals surface area contributed by atoms with Crippen LogP contribution in [0.5, 0.6) is 0 Å². The zero-order valence-electron chi connectivity index (χ0n) is 15.1. The first-order chi connectivity index (χ1) is 13.2. The second-order valence-electron chi connectivity index (χ2n) is 6.69. The Labute approximate surface area is 158 Å². The van der Waals surface area contributed by atoms with Crippen molar-refractivity contribution in [3.63, 3.8) is 0 Å². The van der Waals surface area contributed by atoms with Crippen molar-refractivity contribution >= 4 is 24.2 Å². The normalized spacial score (nSPS) is 22.4. The molecule has 0 saturated heterocycles. The van der Waals surface area contributed by atoms with Crippen molar-refractivity contribution < 1.29 is 14.0 Å². The van der Waals surface area contributed by atoms with E-state index in [0.717, 1.165) is 38.5 Å². The highest BCUT2D eigenvalue weighted by Gasteiger charge is 2.15. The average Bonchev–Trinajstić information content (AvgIpc) is 3.20. The topological polar surface area (TPSA) is 96.1 Å². The Hall–Kier alpha value is -2.96. The predicted octanol–water partition coefficient (Wildman–Crippen LogP) is 3.42. The molecule has 3 rings (SSSR count). The molecule has 2 aliphatic carbocycles. The fraction of sp³-hybridized carbons (Fsp3) is 0.400. The molecule has 0 saturated carbocycles. The number of amides is 2. The summed E-state index contributed by atoms with van der Waals surface area (Å²) < 4.78 is 5.30. The van der Waals surface area contributed by atoms with Crippen LogP contribution in [0.15, 0.2) is 51.1 Å². The molecule has 0 aromatic carbocycles. The Bertz CT molecular complexity index is 713. The van der Waals surface area contributed by atoms with E-state index in [1.807, 2.05) is 0 Å². The Morgan fingerprint density at radius 3 is 1.74 bits per heavy atom. The van der Waals surface area contributed by atoms with Crippen LogP contribution in [-0.4, -0.2) is 24.2 Å². The third kappa shape index (κ3) is 5.77. The molecule has 2 amide bonds. The predicted molar refractivity (Wildman–Crippen MR) is 104 cm³/mol. The van der Waals surface area contributed by atoms with Crippen LogP contribution < -0.4 is 10.9 Å². The summed E-state index contributed by atoms with van der Waals surface area (Å²) in [6.07, 6.45) is 18.0. The van der Waals surface area contributed by atoms with Crippen LogP contribution in [0.3, 0.4) is 0 Å². The maximum Gasteiger partial charge on any atom is 0.307 e. The second kappa shape index (κ2) is 9.66. The van der Waals surface area contributed by atoms with E-state index in [4.69, 9.17) is 4.42 Å². The molecule has 2 N–H and O–H groups in total. The summed E-state index contributed by atoms with van der Waals surface area (Å²) in [5.41, 5.74) is 4.86. The summed E-state index contributed by atoms with van der Waals surface area (Å²) in [5, 5.41) is 7.96. The zero-order valence-corrected chi connectivity index (χ0v) is 15.1. The van der Waals surface area contributed by atoms with Gasteiger partial charge in [0.05, 0.1) is 0 Å². The van der Waals surface area contributed by atoms with Gasteiger partial charge in [0, 0.05) is 12.4 Å². The highest BCUT2D eigenvalue weighted by Crippen LogP contribution is 2.16. The van der Waals surface area contributed by atoms with Gasteiger partial charge in [-0.2, -0.15) is 10.2 Å². The van der Waals surface area contributed by atoms with Crippen LogP contribution >= 0.6 is 0 Å². The van der Waals surface area contributed by atoms with Crippen LogP contribution in [0, 0.1) is 11.8 Å². The molecule has 2 aliphatic rings. The molecule has 27 heavy (non-hydrogen) atoms. The van der Waals surface area contributed by atoms with Crippen molar-refractivity contribution in [3.05, 3.63) is 48.0 Å². The lowest BCUT2D eigenvalue weighted by Crippen LogP contribution is -2.19. The number of carbonyl (C=O) groups is 2. The summed E-state index contributed by atoms with van der Waals surface area (Å²) >= 11 is 0. The number of carbonyl (C=O) groups excluding carboxylic acids is 2. The number of allylic oxidation sites excluding steroid dienone is 4. The van der Waals surface area contributed by atoms with Crippen LogP contribution in [0.2, 0.25) is 0 Å². The number of hydrogen-bond donors (Lipinski definition) is 2. The van der Waals surface area contributed by atoms with E-state index in [1.54, 1.807) is 12.4 Å². The summed E-state index contributed by atoms with van der Waals surface area (Å²) in [6, 6.07) is 2.89. The van der Waals surface area contributed by atoms with Crippen molar-refractivity contribution in [1.82, 2.24) is 10.9 Å². The van der Waals surface area contributed by atoms with Gasteiger partial charge in [0.15, 0.2) is 11.5 Å². The van der Waals surface area contributed by atoms with Gasteiger partial charge in [-0.05, 0) is 62.5 Å². The number of hydrogen-bond acceptors (Lipinski definition) is 5. The first kappa shape index (κ1) is 18.8. The highest BCUT2D eigenvalue weighted by atomic mass is 16.4. The minimum absolute atomic E-state index is 0.0298. The van der Waals surface area contributed by atoms with Gasteiger partial charge in [0.25, 0.3) is 0 Å². The van der Waals surface area contributed by atoms with Crippen molar-refractivity contribution in [1.29, 1.82) is 0 Å². The lowest BCUT2D eigenvalue weighted by molar-refractivity contribution is 0.0902. The zero-order chi connectivity index (χ0) is 18.9. The largest absolute Gasteiger partial charge is 0.446 e. The van der Waals surface area contributed by atoms with Crippen molar-refractivity contribution in [2.24, 2.45) is 22.0 Å². The van der Waals surface area contributed by atoms with E-state index in [2.05, 4.69) is 45.4 Å². The molecule has 142 valence electrons. The molecule has 1 aromatic rings. The minimum Gasteiger partial charge on any atom is -0.446 e. The Morgan fingerprint density at radius 2 is 1.33 bits per heavy atom. The van der Waals surface area contributed by atoms with Crippen molar-refractivity contribution in [2.45, 2.75) is 38.5 Å². The molecule has 2 unspecified atom stereocenters. The van der Waals surface area contributed by atoms with Crippen LogP contribution in [0.4, 0.5) is 0 Å². The molecule has 7 nitrogen and oxygen atoms in total. The van der Waals surface area contributed by atoms with Gasteiger partial charge in [0.2, 0.25) is 0 Å². The molecular weight excluding hydrogens is 344 g/mol. The molecule has 1 heterocycles. The fourth-order valence-corrected chi connectivity index (χ4v) is 3.00. The third-order valence-electron chi connectivity index (χ3n) is 4.58. The molecule has 1 aromatic heterocycles. The second-order valence-corrected chi connectivity index (χ2v) is 6.69. The monoisotopic (exact) mass is 368 g/mol. The smallest absolute Gasteiger partial charge is 0.307 e. The van der Waals surface area contributed by atoms with E-state index in [-0.39, 0.29) is 11.5 Å². The lowest BCUT2D eigenvalue weighted by atomic mass is 9.96. The Balaban J connectivity index is 1.46. The van der Waals surface area contributed by atoms with Crippen LogP contribution in [0.25, 0.3) is 0 Å². The Morgan fingerprint density at radius 1 is 0.852 bits per heavy atom. The molecule has 0 fully saturated rings. The summed E-state index contributed by atoms with van der Waals surface area (Å²) in [5.74, 6) is -0.246. The van der Waals surface area contributed by atoms with Crippen molar-refractivity contribution in [3.8, 4) is 0 Å². The first-order valence-electron chi connectivity index (χ1n) is 9.29. The van der Waals surface area contributed by atoms with E-state index in [1.165, 1.54) is 12.1 Å². The number of nitrogens with one attached hydrogen (secondary N) is 2. The molecule has 0 aliphatic heterocycles. The maximum atomic E-state index is 12.0. The first-order valence-corrected chi connectivity index (χ1v) is 9.29. The van der Waals surface area contributed by atoms with Gasteiger partial charge in [0.1, 0.15) is 0 Å². The molecule has 0 bridgehead atoms. The van der Waals surface area contributed by atoms with E-state index >= 15 is 0 Å². The third-order valence-corrected chi connectivity index (χ3v) is 4.58.